The monoisotopic (exact) mass is 371 g/mol. The summed E-state index contributed by atoms with van der Waals surface area (Å²) in [5.41, 5.74) is 1.76. The Hall–Kier alpha value is -2.36. The number of carbonyl (C=O) groups is 1. The number of halogens is 3. The van der Waals surface area contributed by atoms with Gasteiger partial charge in [-0.2, -0.15) is 13.2 Å². The summed E-state index contributed by atoms with van der Waals surface area (Å²) in [6, 6.07) is 7.25. The number of piperazine rings is 1. The molecule has 1 fully saturated rings. The zero-order chi connectivity index (χ0) is 18.0. The Morgan fingerprint density at radius 2 is 1.92 bits per heavy atom. The Balaban J connectivity index is 1.56. The summed E-state index contributed by atoms with van der Waals surface area (Å²) in [4.78, 5) is 15.6. The van der Waals surface area contributed by atoms with E-state index in [1.54, 1.807) is 15.9 Å². The molecule has 25 heavy (non-hydrogen) atoms. The molecule has 1 aromatic heterocycles. The van der Waals surface area contributed by atoms with Crippen molar-refractivity contribution < 1.29 is 18.0 Å². The summed E-state index contributed by atoms with van der Waals surface area (Å²) in [6.45, 7) is 3.56. The molecule has 1 saturated heterocycles. The van der Waals surface area contributed by atoms with Crippen LogP contribution >= 0.6 is 11.3 Å². The topological polar surface area (TPSA) is 61.4 Å². The van der Waals surface area contributed by atoms with E-state index < -0.39 is 11.2 Å². The molecule has 0 aliphatic carbocycles. The predicted octanol–water partition coefficient (Wildman–Crippen LogP) is 3.22. The molecule has 2 heterocycles. The number of amides is 2. The lowest BCUT2D eigenvalue weighted by Gasteiger charge is -2.34. The minimum absolute atomic E-state index is 0.224. The van der Waals surface area contributed by atoms with Crippen LogP contribution in [-0.2, 0) is 6.18 Å². The van der Waals surface area contributed by atoms with Crippen molar-refractivity contribution in [3.05, 3.63) is 34.8 Å². The number of hydrogen-bond donors (Lipinski definition) is 1. The minimum Gasteiger partial charge on any atom is -0.343 e. The van der Waals surface area contributed by atoms with Gasteiger partial charge < -0.3 is 15.1 Å². The lowest BCUT2D eigenvalue weighted by Crippen LogP contribution is -2.50. The van der Waals surface area contributed by atoms with Crippen molar-refractivity contribution in [2.75, 3.05) is 36.4 Å². The second-order valence-corrected chi connectivity index (χ2v) is 6.62. The van der Waals surface area contributed by atoms with E-state index in [0.717, 1.165) is 5.56 Å². The van der Waals surface area contributed by atoms with Crippen molar-refractivity contribution in [3.63, 3.8) is 0 Å². The normalized spacial score (nSPS) is 15.4. The molecule has 3 rings (SSSR count). The van der Waals surface area contributed by atoms with Crippen LogP contribution in [0.3, 0.4) is 0 Å². The van der Waals surface area contributed by atoms with Crippen molar-refractivity contribution >= 4 is 28.2 Å². The molecule has 10 heteroatoms. The van der Waals surface area contributed by atoms with Gasteiger partial charge in [0.15, 0.2) is 0 Å². The van der Waals surface area contributed by atoms with E-state index in [1.165, 1.54) is 0 Å². The van der Waals surface area contributed by atoms with E-state index in [1.807, 2.05) is 25.1 Å². The molecular formula is C15H16F3N5OS. The molecule has 1 aliphatic heterocycles. The zero-order valence-electron chi connectivity index (χ0n) is 13.4. The van der Waals surface area contributed by atoms with Crippen molar-refractivity contribution in [2.24, 2.45) is 0 Å². The van der Waals surface area contributed by atoms with Gasteiger partial charge in [-0.3, -0.25) is 0 Å². The largest absolute Gasteiger partial charge is 0.445 e. The molecule has 1 aliphatic rings. The van der Waals surface area contributed by atoms with Gasteiger partial charge in [0.05, 0.1) is 0 Å². The Bertz CT molecular complexity index is 756. The number of hydrogen-bond acceptors (Lipinski definition) is 5. The number of nitrogens with zero attached hydrogens (tertiary/aromatic N) is 4. The van der Waals surface area contributed by atoms with Crippen LogP contribution in [0.1, 0.15) is 10.6 Å². The van der Waals surface area contributed by atoms with Crippen LogP contribution in [0.2, 0.25) is 0 Å². The van der Waals surface area contributed by atoms with Crippen LogP contribution < -0.4 is 10.2 Å². The molecule has 0 spiro atoms. The Morgan fingerprint density at radius 1 is 1.20 bits per heavy atom. The molecule has 2 aromatic rings. The van der Waals surface area contributed by atoms with Crippen molar-refractivity contribution in [2.45, 2.75) is 13.1 Å². The molecule has 1 aromatic carbocycles. The number of aryl methyl sites for hydroxylation is 1. The first-order chi connectivity index (χ1) is 11.8. The Labute approximate surface area is 146 Å². The van der Waals surface area contributed by atoms with Gasteiger partial charge in [0, 0.05) is 31.9 Å². The van der Waals surface area contributed by atoms with Crippen LogP contribution in [0.5, 0.6) is 0 Å². The Morgan fingerprint density at radius 3 is 2.52 bits per heavy atom. The molecule has 0 bridgehead atoms. The molecule has 1 N–H and O–H groups in total. The third-order valence-corrected chi connectivity index (χ3v) is 4.79. The number of nitrogens with one attached hydrogen (secondary N) is 1. The summed E-state index contributed by atoms with van der Waals surface area (Å²) in [5, 5.41) is 8.90. The standard InChI is InChI=1S/C15H16F3N5OS/c1-10-3-2-4-11(9-10)19-13(24)22-5-7-23(8-6-22)14-21-20-12(25-14)15(16,17)18/h2-4,9H,5-8H2,1H3,(H,19,24). The number of alkyl halides is 3. The van der Waals surface area contributed by atoms with Crippen LogP contribution in [0.4, 0.5) is 28.8 Å². The van der Waals surface area contributed by atoms with Gasteiger partial charge in [-0.25, -0.2) is 4.79 Å². The third kappa shape index (κ3) is 4.19. The highest BCUT2D eigenvalue weighted by Gasteiger charge is 2.36. The quantitative estimate of drug-likeness (QED) is 0.881. The van der Waals surface area contributed by atoms with E-state index in [0.29, 0.717) is 43.2 Å². The molecule has 0 unspecified atom stereocenters. The highest BCUT2D eigenvalue weighted by atomic mass is 32.1. The number of urea groups is 1. The lowest BCUT2D eigenvalue weighted by atomic mass is 10.2. The summed E-state index contributed by atoms with van der Waals surface area (Å²) in [5.74, 6) is 0. The van der Waals surface area contributed by atoms with Gasteiger partial charge in [0.25, 0.3) is 0 Å². The second-order valence-electron chi connectivity index (χ2n) is 5.66. The molecule has 0 radical (unpaired) electrons. The van der Waals surface area contributed by atoms with E-state index >= 15 is 0 Å². The summed E-state index contributed by atoms with van der Waals surface area (Å²) in [7, 11) is 0. The first-order valence-electron chi connectivity index (χ1n) is 7.61. The maximum atomic E-state index is 12.6. The highest BCUT2D eigenvalue weighted by Crippen LogP contribution is 2.34. The molecule has 6 nitrogen and oxygen atoms in total. The fourth-order valence-electron chi connectivity index (χ4n) is 2.48. The van der Waals surface area contributed by atoms with E-state index in [9.17, 15) is 18.0 Å². The van der Waals surface area contributed by atoms with Gasteiger partial charge in [-0.1, -0.05) is 23.5 Å². The fraction of sp³-hybridized carbons (Fsp3) is 0.400. The maximum Gasteiger partial charge on any atom is 0.445 e. The van der Waals surface area contributed by atoms with Crippen molar-refractivity contribution in [3.8, 4) is 0 Å². The smallest absolute Gasteiger partial charge is 0.343 e. The second kappa shape index (κ2) is 6.87. The Kier molecular flexibility index (Phi) is 4.80. The van der Waals surface area contributed by atoms with Gasteiger partial charge in [0.2, 0.25) is 10.1 Å². The van der Waals surface area contributed by atoms with Crippen LogP contribution in [0.25, 0.3) is 0 Å². The van der Waals surface area contributed by atoms with Crippen LogP contribution in [0, 0.1) is 6.92 Å². The fourth-order valence-corrected chi connectivity index (χ4v) is 3.25. The maximum absolute atomic E-state index is 12.6. The summed E-state index contributed by atoms with van der Waals surface area (Å²) in [6.07, 6.45) is -4.48. The average Bonchev–Trinajstić information content (AvgIpc) is 3.05. The van der Waals surface area contributed by atoms with Crippen LogP contribution in [0.15, 0.2) is 24.3 Å². The zero-order valence-corrected chi connectivity index (χ0v) is 14.2. The number of anilines is 2. The third-order valence-electron chi connectivity index (χ3n) is 3.76. The van der Waals surface area contributed by atoms with E-state index in [-0.39, 0.29) is 11.2 Å². The highest BCUT2D eigenvalue weighted by molar-refractivity contribution is 7.15. The van der Waals surface area contributed by atoms with Gasteiger partial charge in [-0.15, -0.1) is 10.2 Å². The molecule has 2 amide bonds. The SMILES string of the molecule is Cc1cccc(NC(=O)N2CCN(c3nnc(C(F)(F)F)s3)CC2)c1. The number of carbonyl (C=O) groups excluding carboxylic acids is 1. The van der Waals surface area contributed by atoms with Crippen molar-refractivity contribution in [1.82, 2.24) is 15.1 Å². The minimum atomic E-state index is -4.48. The predicted molar refractivity (Wildman–Crippen MR) is 88.9 cm³/mol. The first kappa shape index (κ1) is 17.5. The number of aromatic nitrogens is 2. The lowest BCUT2D eigenvalue weighted by molar-refractivity contribution is -0.138. The molecule has 0 atom stereocenters. The molecular weight excluding hydrogens is 355 g/mol. The summed E-state index contributed by atoms with van der Waals surface area (Å²) >= 11 is 0.520. The molecule has 134 valence electrons. The molecule has 0 saturated carbocycles. The van der Waals surface area contributed by atoms with E-state index in [2.05, 4.69) is 15.5 Å². The van der Waals surface area contributed by atoms with Crippen molar-refractivity contribution in [1.29, 1.82) is 0 Å². The van der Waals surface area contributed by atoms with E-state index in [4.69, 9.17) is 0 Å². The van der Waals surface area contributed by atoms with Gasteiger partial charge in [0.1, 0.15) is 0 Å². The number of rotatable bonds is 2. The van der Waals surface area contributed by atoms with Gasteiger partial charge >= 0.3 is 12.2 Å². The van der Waals surface area contributed by atoms with Gasteiger partial charge in [-0.05, 0) is 24.6 Å². The number of benzene rings is 1. The van der Waals surface area contributed by atoms with Crippen LogP contribution in [-0.4, -0.2) is 47.3 Å². The summed E-state index contributed by atoms with van der Waals surface area (Å²) < 4.78 is 37.8. The average molecular weight is 371 g/mol. The first-order valence-corrected chi connectivity index (χ1v) is 8.43.